The first-order chi connectivity index (χ1) is 17.7. The number of carbonyl (C=O) groups excluding carboxylic acids is 1. The van der Waals surface area contributed by atoms with E-state index in [1.165, 1.54) is 49.9 Å². The van der Waals surface area contributed by atoms with E-state index in [0.29, 0.717) is 25.1 Å². The molecule has 1 saturated carbocycles. The van der Waals surface area contributed by atoms with Gasteiger partial charge in [0.1, 0.15) is 11.5 Å². The molecule has 0 radical (unpaired) electrons. The van der Waals surface area contributed by atoms with Gasteiger partial charge in [-0.25, -0.2) is 0 Å². The predicted octanol–water partition coefficient (Wildman–Crippen LogP) is 4.94. The Bertz CT molecular complexity index is 1060. The van der Waals surface area contributed by atoms with E-state index in [1.54, 1.807) is 0 Å². The van der Waals surface area contributed by atoms with E-state index in [2.05, 4.69) is 28.0 Å². The molecule has 6 heteroatoms. The zero-order valence-corrected chi connectivity index (χ0v) is 21.2. The molecule has 1 unspecified atom stereocenters. The summed E-state index contributed by atoms with van der Waals surface area (Å²) in [5, 5.41) is 0. The largest absolute Gasteiger partial charge is 0.493 e. The number of hydrogen-bond acceptors (Lipinski definition) is 6. The first kappa shape index (κ1) is 23.7. The second kappa shape index (κ2) is 10.7. The Labute approximate surface area is 214 Å². The van der Waals surface area contributed by atoms with E-state index in [4.69, 9.17) is 14.2 Å². The minimum atomic E-state index is 0.0346. The third-order valence-electron chi connectivity index (χ3n) is 8.73. The highest BCUT2D eigenvalue weighted by Crippen LogP contribution is 2.41. The number of carbonyl (C=O) groups is 1. The molecule has 0 amide bonds. The molecule has 0 N–H and O–H groups in total. The Morgan fingerprint density at radius 1 is 0.833 bits per heavy atom. The number of nitrogens with zero attached hydrogens (tertiary/aromatic N) is 2. The molecule has 192 valence electrons. The van der Waals surface area contributed by atoms with Crippen LogP contribution in [0, 0.1) is 17.8 Å². The van der Waals surface area contributed by atoms with Crippen LogP contribution in [0.5, 0.6) is 17.2 Å². The van der Waals surface area contributed by atoms with Crippen LogP contribution in [0.2, 0.25) is 0 Å². The van der Waals surface area contributed by atoms with Crippen LogP contribution in [0.1, 0.15) is 44.1 Å². The summed E-state index contributed by atoms with van der Waals surface area (Å²) < 4.78 is 17.1. The van der Waals surface area contributed by atoms with Crippen molar-refractivity contribution in [3.05, 3.63) is 48.0 Å². The van der Waals surface area contributed by atoms with Gasteiger partial charge in [0.15, 0.2) is 11.5 Å². The van der Waals surface area contributed by atoms with Crippen LogP contribution < -0.4 is 19.1 Å². The van der Waals surface area contributed by atoms with Crippen molar-refractivity contribution in [3.63, 3.8) is 0 Å². The number of Topliss-reactive ketones (excluding diaryl/α,β-unsaturated/α-hetero) is 1. The van der Waals surface area contributed by atoms with Gasteiger partial charge >= 0.3 is 0 Å². The van der Waals surface area contributed by atoms with Gasteiger partial charge in [0.05, 0.1) is 18.2 Å². The maximum Gasteiger partial charge on any atom is 0.231 e. The molecule has 2 aromatic rings. The number of hydrogen-bond donors (Lipinski definition) is 0. The number of rotatable bonds is 7. The molecule has 3 aliphatic heterocycles. The van der Waals surface area contributed by atoms with E-state index in [0.717, 1.165) is 62.2 Å². The van der Waals surface area contributed by atoms with Crippen LogP contribution in [0.25, 0.3) is 0 Å². The molecule has 6 nitrogen and oxygen atoms in total. The Morgan fingerprint density at radius 3 is 2.47 bits per heavy atom. The molecule has 0 aromatic heterocycles. The van der Waals surface area contributed by atoms with Crippen LogP contribution in [0.15, 0.2) is 42.5 Å². The number of para-hydroxylation sites is 2. The summed E-state index contributed by atoms with van der Waals surface area (Å²) in [5.74, 6) is 4.54. The highest BCUT2D eigenvalue weighted by atomic mass is 16.7. The summed E-state index contributed by atoms with van der Waals surface area (Å²) in [7, 11) is 0. The fourth-order valence-corrected chi connectivity index (χ4v) is 6.45. The zero-order chi connectivity index (χ0) is 24.3. The summed E-state index contributed by atoms with van der Waals surface area (Å²) in [6.07, 6.45) is 7.81. The van der Waals surface area contributed by atoms with Crippen molar-refractivity contribution in [2.45, 2.75) is 44.9 Å². The van der Waals surface area contributed by atoms with E-state index in [-0.39, 0.29) is 5.92 Å². The number of benzene rings is 2. The fourth-order valence-electron chi connectivity index (χ4n) is 6.45. The predicted molar refractivity (Wildman–Crippen MR) is 140 cm³/mol. The second-order valence-electron chi connectivity index (χ2n) is 11.0. The van der Waals surface area contributed by atoms with E-state index in [1.807, 2.05) is 24.3 Å². The third-order valence-corrected chi connectivity index (χ3v) is 8.73. The first-order valence-corrected chi connectivity index (χ1v) is 13.8. The van der Waals surface area contributed by atoms with Gasteiger partial charge in [0.2, 0.25) is 6.79 Å². The average Bonchev–Trinajstić information content (AvgIpc) is 3.42. The van der Waals surface area contributed by atoms with Crippen LogP contribution >= 0.6 is 0 Å². The summed E-state index contributed by atoms with van der Waals surface area (Å²) in [4.78, 5) is 18.0. The molecular formula is C30H38N2O4. The van der Waals surface area contributed by atoms with E-state index < -0.39 is 0 Å². The van der Waals surface area contributed by atoms with E-state index in [9.17, 15) is 4.79 Å². The van der Waals surface area contributed by atoms with Gasteiger partial charge in [0.25, 0.3) is 0 Å². The highest BCUT2D eigenvalue weighted by molar-refractivity contribution is 5.82. The van der Waals surface area contributed by atoms with Crippen molar-refractivity contribution >= 4 is 11.5 Å². The maximum absolute atomic E-state index is 13.0. The quantitative estimate of drug-likeness (QED) is 0.548. The van der Waals surface area contributed by atoms with Crippen LogP contribution in [0.4, 0.5) is 5.69 Å². The van der Waals surface area contributed by atoms with Gasteiger partial charge in [0, 0.05) is 32.6 Å². The fraction of sp³-hybridized carbons (Fsp3) is 0.567. The molecule has 1 atom stereocenters. The van der Waals surface area contributed by atoms with Gasteiger partial charge in [-0.05, 0) is 67.8 Å². The van der Waals surface area contributed by atoms with Crippen molar-refractivity contribution in [1.82, 2.24) is 4.90 Å². The lowest BCUT2D eigenvalue weighted by Crippen LogP contribution is -2.47. The summed E-state index contributed by atoms with van der Waals surface area (Å²) in [5.41, 5.74) is 2.35. The number of ketones is 1. The highest BCUT2D eigenvalue weighted by Gasteiger charge is 2.30. The Balaban J connectivity index is 0.901. The van der Waals surface area contributed by atoms with Crippen molar-refractivity contribution in [1.29, 1.82) is 0 Å². The second-order valence-corrected chi connectivity index (χ2v) is 11.0. The lowest BCUT2D eigenvalue weighted by molar-refractivity contribution is -0.125. The molecule has 0 bridgehead atoms. The normalized spacial score (nSPS) is 25.8. The van der Waals surface area contributed by atoms with Crippen LogP contribution in [0.3, 0.4) is 0 Å². The summed E-state index contributed by atoms with van der Waals surface area (Å²) in [6.45, 7) is 6.32. The van der Waals surface area contributed by atoms with Gasteiger partial charge in [-0.15, -0.1) is 0 Å². The molecule has 2 aromatic carbocycles. The van der Waals surface area contributed by atoms with Crippen molar-refractivity contribution in [3.8, 4) is 17.2 Å². The van der Waals surface area contributed by atoms with Crippen LogP contribution in [-0.4, -0.2) is 56.8 Å². The number of anilines is 1. The molecule has 36 heavy (non-hydrogen) atoms. The molecule has 1 saturated heterocycles. The minimum absolute atomic E-state index is 0.0346. The monoisotopic (exact) mass is 490 g/mol. The number of piperazine rings is 1. The smallest absolute Gasteiger partial charge is 0.231 e. The van der Waals surface area contributed by atoms with Crippen molar-refractivity contribution < 1.29 is 19.0 Å². The minimum Gasteiger partial charge on any atom is -0.493 e. The van der Waals surface area contributed by atoms with E-state index >= 15 is 0 Å². The summed E-state index contributed by atoms with van der Waals surface area (Å²) >= 11 is 0. The topological polar surface area (TPSA) is 51.2 Å². The molecule has 4 aliphatic rings. The number of fused-ring (bicyclic) bond motifs is 2. The molecule has 2 fully saturated rings. The van der Waals surface area contributed by atoms with Gasteiger partial charge < -0.3 is 19.1 Å². The maximum atomic E-state index is 13.0. The number of ether oxygens (including phenoxy) is 3. The van der Waals surface area contributed by atoms with Gasteiger partial charge in [-0.2, -0.15) is 0 Å². The van der Waals surface area contributed by atoms with Gasteiger partial charge in [-0.1, -0.05) is 37.1 Å². The lowest BCUT2D eigenvalue weighted by Gasteiger charge is -2.37. The van der Waals surface area contributed by atoms with Gasteiger partial charge in [-0.3, -0.25) is 9.69 Å². The summed E-state index contributed by atoms with van der Waals surface area (Å²) in [6, 6.07) is 14.3. The standard InChI is InChI=1S/C30H38N2O4/c33-27(25-19-24-4-1-2-6-28(24)34-20-25)18-23-10-8-22(9-11-23)12-13-31-14-16-32(17-15-31)26-5-3-7-29-30(26)36-21-35-29/h1-7,22-23,25H,8-21H2. The molecule has 1 aliphatic carbocycles. The lowest BCUT2D eigenvalue weighted by atomic mass is 9.77. The SMILES string of the molecule is O=C(CC1CCC(CCN2CCN(c3cccc4c3OCO4)CC2)CC1)C1COc2ccccc2C1. The van der Waals surface area contributed by atoms with Crippen molar-refractivity contribution in [2.75, 3.05) is 51.0 Å². The third kappa shape index (κ3) is 5.19. The van der Waals surface area contributed by atoms with Crippen LogP contribution in [-0.2, 0) is 11.2 Å². The molecule has 6 rings (SSSR count). The first-order valence-electron chi connectivity index (χ1n) is 13.8. The average molecular weight is 491 g/mol. The molecule has 0 spiro atoms. The Kier molecular flexibility index (Phi) is 7.04. The zero-order valence-electron chi connectivity index (χ0n) is 21.2. The molecule has 3 heterocycles. The molecular weight excluding hydrogens is 452 g/mol. The Morgan fingerprint density at radius 2 is 1.61 bits per heavy atom. The van der Waals surface area contributed by atoms with Crippen molar-refractivity contribution in [2.24, 2.45) is 17.8 Å². The Hall–Kier alpha value is -2.73.